The van der Waals surface area contributed by atoms with Crippen LogP contribution in [0.25, 0.3) is 0 Å². The highest BCUT2D eigenvalue weighted by molar-refractivity contribution is 5.51. The van der Waals surface area contributed by atoms with Gasteiger partial charge in [-0.25, -0.2) is 0 Å². The molecule has 0 aromatic heterocycles. The summed E-state index contributed by atoms with van der Waals surface area (Å²) in [6.07, 6.45) is 15.3. The molecule has 1 heteroatoms. The van der Waals surface area contributed by atoms with Crippen molar-refractivity contribution in [2.45, 2.75) is 41.5 Å². The van der Waals surface area contributed by atoms with Crippen molar-refractivity contribution in [2.24, 2.45) is 11.8 Å². The third-order valence-corrected chi connectivity index (χ3v) is 3.21. The van der Waals surface area contributed by atoms with E-state index in [1.165, 1.54) is 5.70 Å². The molecule has 0 fully saturated rings. The second-order valence-corrected chi connectivity index (χ2v) is 4.37. The molecule has 3 rings (SSSR count). The molecule has 0 radical (unpaired) electrons. The molecule has 2 aliphatic rings. The van der Waals surface area contributed by atoms with Crippen molar-refractivity contribution < 1.29 is 0 Å². The molecular formula is C22H33N. The summed E-state index contributed by atoms with van der Waals surface area (Å²) in [5.41, 5.74) is 2.42. The van der Waals surface area contributed by atoms with E-state index >= 15 is 0 Å². The van der Waals surface area contributed by atoms with Crippen LogP contribution in [0.5, 0.6) is 0 Å². The van der Waals surface area contributed by atoms with Crippen molar-refractivity contribution in [3.8, 4) is 0 Å². The van der Waals surface area contributed by atoms with Crippen molar-refractivity contribution >= 4 is 5.69 Å². The summed E-state index contributed by atoms with van der Waals surface area (Å²) in [6, 6.07) is 10.3. The average Bonchev–Trinajstić information content (AvgIpc) is 2.68. The summed E-state index contributed by atoms with van der Waals surface area (Å²) in [7, 11) is 0. The minimum absolute atomic E-state index is 0.449. The van der Waals surface area contributed by atoms with Crippen molar-refractivity contribution in [2.75, 3.05) is 5.32 Å². The molecule has 1 aromatic carbocycles. The number of benzene rings is 1. The maximum absolute atomic E-state index is 3.50. The topological polar surface area (TPSA) is 12.0 Å². The van der Waals surface area contributed by atoms with Gasteiger partial charge in [-0.2, -0.15) is 0 Å². The van der Waals surface area contributed by atoms with Gasteiger partial charge in [-0.3, -0.25) is 0 Å². The van der Waals surface area contributed by atoms with Crippen molar-refractivity contribution in [3.63, 3.8) is 0 Å². The van der Waals surface area contributed by atoms with Gasteiger partial charge in [0.25, 0.3) is 0 Å². The zero-order valence-electron chi connectivity index (χ0n) is 15.6. The van der Waals surface area contributed by atoms with Crippen LogP contribution < -0.4 is 5.32 Å². The molecule has 1 nitrogen and oxygen atoms in total. The molecule has 1 N–H and O–H groups in total. The van der Waals surface area contributed by atoms with E-state index in [1.807, 2.05) is 47.6 Å². The number of allylic oxidation sites excluding steroid dienone is 7. The molecule has 0 amide bonds. The lowest BCUT2D eigenvalue weighted by Gasteiger charge is -2.27. The minimum Gasteiger partial charge on any atom is -0.358 e. The number of rotatable bonds is 2. The molecule has 2 aliphatic carbocycles. The van der Waals surface area contributed by atoms with Crippen LogP contribution in [0, 0.1) is 11.8 Å². The fourth-order valence-electron chi connectivity index (χ4n) is 2.33. The highest BCUT2D eigenvalue weighted by atomic mass is 14.9. The minimum atomic E-state index is 0.449. The number of para-hydroxylation sites is 1. The van der Waals surface area contributed by atoms with Gasteiger partial charge in [-0.15, -0.1) is 0 Å². The second kappa shape index (κ2) is 13.6. The van der Waals surface area contributed by atoms with Gasteiger partial charge in [-0.05, 0) is 18.2 Å². The molecule has 0 heterocycles. The van der Waals surface area contributed by atoms with Gasteiger partial charge in [0.2, 0.25) is 0 Å². The van der Waals surface area contributed by atoms with E-state index in [0.717, 1.165) is 5.69 Å². The quantitative estimate of drug-likeness (QED) is 0.620. The van der Waals surface area contributed by atoms with Crippen LogP contribution in [-0.2, 0) is 0 Å². The van der Waals surface area contributed by atoms with Gasteiger partial charge in [0.05, 0.1) is 0 Å². The van der Waals surface area contributed by atoms with E-state index < -0.39 is 0 Å². The Morgan fingerprint density at radius 2 is 1.26 bits per heavy atom. The van der Waals surface area contributed by atoms with Crippen LogP contribution in [0.3, 0.4) is 0 Å². The van der Waals surface area contributed by atoms with E-state index in [-0.39, 0.29) is 0 Å². The highest BCUT2D eigenvalue weighted by Gasteiger charge is 2.22. The van der Waals surface area contributed by atoms with Gasteiger partial charge < -0.3 is 5.32 Å². The fourth-order valence-corrected chi connectivity index (χ4v) is 2.33. The number of nitrogens with one attached hydrogen (secondary N) is 1. The molecule has 23 heavy (non-hydrogen) atoms. The third kappa shape index (κ3) is 6.73. The zero-order chi connectivity index (χ0) is 17.5. The maximum Gasteiger partial charge on any atom is 0.0381 e. The molecule has 0 saturated heterocycles. The summed E-state index contributed by atoms with van der Waals surface area (Å²) < 4.78 is 0. The maximum atomic E-state index is 3.50. The Morgan fingerprint density at radius 3 is 1.91 bits per heavy atom. The molecule has 126 valence electrons. The summed E-state index contributed by atoms with van der Waals surface area (Å²) in [5, 5.41) is 3.50. The Labute approximate surface area is 143 Å². The van der Waals surface area contributed by atoms with Crippen LogP contribution in [0.4, 0.5) is 5.69 Å². The van der Waals surface area contributed by atoms with Crippen LogP contribution in [0.1, 0.15) is 41.5 Å². The zero-order valence-corrected chi connectivity index (χ0v) is 15.6. The van der Waals surface area contributed by atoms with Crippen molar-refractivity contribution in [1.82, 2.24) is 0 Å². The van der Waals surface area contributed by atoms with Crippen molar-refractivity contribution in [3.05, 3.63) is 78.6 Å². The van der Waals surface area contributed by atoms with Crippen LogP contribution in [0.2, 0.25) is 0 Å². The average molecular weight is 312 g/mol. The van der Waals surface area contributed by atoms with Gasteiger partial charge >= 0.3 is 0 Å². The molecule has 2 unspecified atom stereocenters. The molecule has 1 aromatic rings. The summed E-state index contributed by atoms with van der Waals surface area (Å²) in [6.45, 7) is 12.0. The van der Waals surface area contributed by atoms with Crippen molar-refractivity contribution in [1.29, 1.82) is 0 Å². The predicted molar refractivity (Wildman–Crippen MR) is 107 cm³/mol. The van der Waals surface area contributed by atoms with Gasteiger partial charge in [0, 0.05) is 23.2 Å². The van der Waals surface area contributed by atoms with E-state index in [0.29, 0.717) is 11.8 Å². The Hall–Kier alpha value is -2.02. The lowest BCUT2D eigenvalue weighted by atomic mass is 9.82. The lowest BCUT2D eigenvalue weighted by Crippen LogP contribution is -2.20. The first-order valence-corrected chi connectivity index (χ1v) is 8.99. The number of anilines is 1. The van der Waals surface area contributed by atoms with Gasteiger partial charge in [0.15, 0.2) is 0 Å². The molecule has 0 saturated carbocycles. The molecular weight excluding hydrogens is 278 g/mol. The predicted octanol–water partition coefficient (Wildman–Crippen LogP) is 6.99. The summed E-state index contributed by atoms with van der Waals surface area (Å²) >= 11 is 0. The number of fused-ring (bicyclic) bond motifs is 1. The van der Waals surface area contributed by atoms with E-state index in [1.54, 1.807) is 0 Å². The van der Waals surface area contributed by atoms with Crippen LogP contribution >= 0.6 is 0 Å². The van der Waals surface area contributed by atoms with E-state index in [9.17, 15) is 0 Å². The number of hydrogen-bond donors (Lipinski definition) is 1. The summed E-state index contributed by atoms with van der Waals surface area (Å²) in [4.78, 5) is 0. The second-order valence-electron chi connectivity index (χ2n) is 4.37. The van der Waals surface area contributed by atoms with Crippen LogP contribution in [-0.4, -0.2) is 0 Å². The summed E-state index contributed by atoms with van der Waals surface area (Å²) in [5.74, 6) is 0.946. The Morgan fingerprint density at radius 1 is 0.696 bits per heavy atom. The monoisotopic (exact) mass is 311 g/mol. The first-order chi connectivity index (χ1) is 11.4. The molecule has 0 spiro atoms. The molecule has 0 bridgehead atoms. The third-order valence-electron chi connectivity index (χ3n) is 3.21. The normalized spacial score (nSPS) is 19.5. The number of hydrogen-bond acceptors (Lipinski definition) is 1. The molecule has 2 atom stereocenters. The molecule has 0 aliphatic heterocycles. The van der Waals surface area contributed by atoms with E-state index in [2.05, 4.69) is 72.1 Å². The lowest BCUT2D eigenvalue weighted by molar-refractivity contribution is 0.627. The Bertz CT molecular complexity index is 506. The van der Waals surface area contributed by atoms with E-state index in [4.69, 9.17) is 0 Å². The largest absolute Gasteiger partial charge is 0.358 e. The van der Waals surface area contributed by atoms with Crippen LogP contribution in [0.15, 0.2) is 78.6 Å². The first-order valence-electron chi connectivity index (χ1n) is 8.99. The standard InChI is InChI=1S/C16H15N.3C2H6/c1-2-9-14(10-3-1)17-16-12-6-8-13-7-4-5-11-15(13)16;3*1-2/h1-13,15,17H;3*1-2H3. The van der Waals surface area contributed by atoms with Gasteiger partial charge in [0.1, 0.15) is 0 Å². The van der Waals surface area contributed by atoms with Gasteiger partial charge in [-0.1, -0.05) is 96.2 Å². The smallest absolute Gasteiger partial charge is 0.0381 e. The Balaban J connectivity index is 0.000000728. The Kier molecular flexibility index (Phi) is 12.4. The SMILES string of the molecule is C1=CC2C=CC=C(Nc3ccccc3)C2C=C1.CC.CC.CC. The first kappa shape index (κ1) is 21.0. The fraction of sp³-hybridized carbons (Fsp3) is 0.364. The highest BCUT2D eigenvalue weighted by Crippen LogP contribution is 2.31.